The molecule has 0 saturated carbocycles. The molecule has 252 valence electrons. The van der Waals surface area contributed by atoms with Gasteiger partial charge in [0.05, 0.1) is 5.71 Å². The van der Waals surface area contributed by atoms with Gasteiger partial charge < -0.3 is 0 Å². The number of nitrogens with zero attached hydrogens (tertiary/aromatic N) is 1. The summed E-state index contributed by atoms with van der Waals surface area (Å²) in [5.41, 5.74) is 16.2. The van der Waals surface area contributed by atoms with Crippen molar-refractivity contribution in [3.8, 4) is 11.1 Å². The summed E-state index contributed by atoms with van der Waals surface area (Å²) in [6, 6.07) is 62.0. The molecule has 0 bridgehead atoms. The molecule has 1 aliphatic carbocycles. The minimum absolute atomic E-state index is 0.295. The topological polar surface area (TPSA) is 12.4 Å². The first-order valence-electron chi connectivity index (χ1n) is 18.5. The van der Waals surface area contributed by atoms with E-state index in [2.05, 4.69) is 195 Å². The molecular formula is C52H33NS. The first-order valence-corrected chi connectivity index (χ1v) is 19.4. The lowest BCUT2D eigenvalue weighted by atomic mass is 9.73. The Morgan fingerprint density at radius 1 is 0.519 bits per heavy atom. The van der Waals surface area contributed by atoms with Gasteiger partial charge in [-0.1, -0.05) is 151 Å². The molecule has 1 nitrogen and oxygen atoms in total. The molecule has 2 heteroatoms. The third kappa shape index (κ3) is 4.68. The Balaban J connectivity index is 1.14. The summed E-state index contributed by atoms with van der Waals surface area (Å²) in [7, 11) is 0. The van der Waals surface area contributed by atoms with Gasteiger partial charge in [-0.2, -0.15) is 0 Å². The fourth-order valence-corrected chi connectivity index (χ4v) is 10.0. The number of aliphatic imine (C=N–C) groups is 1. The average Bonchev–Trinajstić information content (AvgIpc) is 3.64. The van der Waals surface area contributed by atoms with E-state index in [9.17, 15) is 0 Å². The predicted molar refractivity (Wildman–Crippen MR) is 231 cm³/mol. The number of thiophene rings is 1. The smallest absolute Gasteiger partial charge is 0.114 e. The molecule has 0 N–H and O–H groups in total. The highest BCUT2D eigenvalue weighted by atomic mass is 32.1. The van der Waals surface area contributed by atoms with Crippen molar-refractivity contribution in [1.29, 1.82) is 0 Å². The van der Waals surface area contributed by atoms with Gasteiger partial charge in [-0.25, -0.2) is 4.99 Å². The molecule has 11 rings (SSSR count). The summed E-state index contributed by atoms with van der Waals surface area (Å²) < 4.78 is 2.55. The molecule has 1 aromatic heterocycles. The zero-order valence-corrected chi connectivity index (χ0v) is 30.5. The molecule has 0 atom stereocenters. The minimum Gasteiger partial charge on any atom is -0.239 e. The molecule has 2 aliphatic rings. The molecule has 0 unspecified atom stereocenters. The minimum atomic E-state index is -0.295. The Morgan fingerprint density at radius 3 is 2.02 bits per heavy atom. The number of fused-ring (bicyclic) bond motifs is 8. The Bertz CT molecular complexity index is 3120. The van der Waals surface area contributed by atoms with E-state index in [0.717, 1.165) is 33.7 Å². The summed E-state index contributed by atoms with van der Waals surface area (Å²) in [5, 5.41) is 7.31. The molecule has 0 saturated heterocycles. The second kappa shape index (κ2) is 12.0. The van der Waals surface area contributed by atoms with Crippen LogP contribution >= 0.6 is 11.3 Å². The Morgan fingerprint density at radius 2 is 1.17 bits per heavy atom. The quantitative estimate of drug-likeness (QED) is 0.162. The molecule has 0 radical (unpaired) electrons. The van der Waals surface area contributed by atoms with Crippen LogP contribution in [0, 0.1) is 0 Å². The van der Waals surface area contributed by atoms with Gasteiger partial charge in [0.15, 0.2) is 0 Å². The SMILES string of the molecule is CC1(c2ccc3cccc(C4=C=CC(c5ccc6ccccc6c5)=CC(c5cccc6sc7ccccc7c56)=N4)c3c2)c2ccccc2-c2ccccc21. The van der Waals surface area contributed by atoms with Crippen LogP contribution in [-0.4, -0.2) is 5.71 Å². The highest BCUT2D eigenvalue weighted by Gasteiger charge is 2.40. The third-order valence-electron chi connectivity index (χ3n) is 11.6. The summed E-state index contributed by atoms with van der Waals surface area (Å²) in [5.74, 6) is 0. The van der Waals surface area contributed by atoms with Crippen LogP contribution in [0.2, 0.25) is 0 Å². The van der Waals surface area contributed by atoms with Crippen LogP contribution in [0.25, 0.3) is 64.1 Å². The number of hydrogen-bond acceptors (Lipinski definition) is 2. The molecule has 9 aromatic rings. The van der Waals surface area contributed by atoms with Gasteiger partial charge >= 0.3 is 0 Å². The second-order valence-electron chi connectivity index (χ2n) is 14.5. The fourth-order valence-electron chi connectivity index (χ4n) is 8.87. The number of benzene rings is 8. The highest BCUT2D eigenvalue weighted by molar-refractivity contribution is 7.25. The molecular weight excluding hydrogens is 671 g/mol. The van der Waals surface area contributed by atoms with Gasteiger partial charge in [0.1, 0.15) is 5.70 Å². The van der Waals surface area contributed by atoms with Crippen LogP contribution in [0.15, 0.2) is 193 Å². The summed E-state index contributed by atoms with van der Waals surface area (Å²) in [4.78, 5) is 5.58. The average molecular weight is 704 g/mol. The lowest BCUT2D eigenvalue weighted by Crippen LogP contribution is -2.22. The molecule has 0 fully saturated rings. The van der Waals surface area contributed by atoms with Crippen LogP contribution in [0.1, 0.15) is 40.3 Å². The second-order valence-corrected chi connectivity index (χ2v) is 15.6. The van der Waals surface area contributed by atoms with Gasteiger partial charge in [0, 0.05) is 36.7 Å². The van der Waals surface area contributed by atoms with E-state index in [4.69, 9.17) is 4.99 Å². The number of rotatable bonds is 4. The van der Waals surface area contributed by atoms with Crippen molar-refractivity contribution >= 4 is 70.0 Å². The molecule has 54 heavy (non-hydrogen) atoms. The maximum atomic E-state index is 5.58. The van der Waals surface area contributed by atoms with Gasteiger partial charge in [-0.3, -0.25) is 0 Å². The van der Waals surface area contributed by atoms with E-state index >= 15 is 0 Å². The van der Waals surface area contributed by atoms with E-state index in [-0.39, 0.29) is 5.41 Å². The lowest BCUT2D eigenvalue weighted by Gasteiger charge is -2.29. The van der Waals surface area contributed by atoms with Crippen LogP contribution < -0.4 is 0 Å². The van der Waals surface area contributed by atoms with Crippen LogP contribution in [0.5, 0.6) is 0 Å². The Labute approximate surface area is 318 Å². The van der Waals surface area contributed by atoms with Gasteiger partial charge in [-0.15, -0.1) is 11.3 Å². The lowest BCUT2D eigenvalue weighted by molar-refractivity contribution is 0.715. The van der Waals surface area contributed by atoms with E-state index in [0.29, 0.717) is 0 Å². The van der Waals surface area contributed by atoms with Crippen LogP contribution in [0.3, 0.4) is 0 Å². The zero-order chi connectivity index (χ0) is 35.8. The van der Waals surface area contributed by atoms with Crippen molar-refractivity contribution in [2.45, 2.75) is 12.3 Å². The van der Waals surface area contributed by atoms with Gasteiger partial charge in [0.2, 0.25) is 0 Å². The summed E-state index contributed by atoms with van der Waals surface area (Å²) in [6.45, 7) is 2.38. The Kier molecular flexibility index (Phi) is 6.88. The first-order chi connectivity index (χ1) is 26.6. The number of allylic oxidation sites excluding steroid dienone is 3. The monoisotopic (exact) mass is 703 g/mol. The van der Waals surface area contributed by atoms with Crippen LogP contribution in [0.4, 0.5) is 0 Å². The van der Waals surface area contributed by atoms with E-state index in [1.165, 1.54) is 69.5 Å². The fraction of sp³-hybridized carbons (Fsp3) is 0.0385. The first kappa shape index (κ1) is 31.0. The van der Waals surface area contributed by atoms with Crippen molar-refractivity contribution in [3.63, 3.8) is 0 Å². The summed E-state index contributed by atoms with van der Waals surface area (Å²) >= 11 is 1.84. The third-order valence-corrected chi connectivity index (χ3v) is 12.7. The molecule has 8 aromatic carbocycles. The van der Waals surface area contributed by atoms with Crippen molar-refractivity contribution in [3.05, 3.63) is 221 Å². The maximum absolute atomic E-state index is 5.58. The van der Waals surface area contributed by atoms with Crippen molar-refractivity contribution in [2.24, 2.45) is 4.99 Å². The standard InChI is InChI=1S/C52H33NS/c1-52(45-20-7-4-15-39(45)40-16-5-8-21-46(40)52)38-28-26-34-14-10-18-41(44(34)32-38)47-29-27-37(36-25-24-33-12-2-3-13-35(33)30-36)31-48(53-47)42-19-11-23-50-51(42)43-17-6-9-22-49(43)54-50/h2-28,30-32H,1H3. The van der Waals surface area contributed by atoms with Crippen molar-refractivity contribution < 1.29 is 0 Å². The normalized spacial score (nSPS) is 14.5. The van der Waals surface area contributed by atoms with E-state index < -0.39 is 0 Å². The Hall–Kier alpha value is -6.57. The molecule has 0 spiro atoms. The van der Waals surface area contributed by atoms with Crippen LogP contribution in [-0.2, 0) is 5.41 Å². The van der Waals surface area contributed by atoms with Gasteiger partial charge in [-0.05, 0) is 104 Å². The summed E-state index contributed by atoms with van der Waals surface area (Å²) in [6.07, 6.45) is 4.39. The molecule has 0 amide bonds. The zero-order valence-electron chi connectivity index (χ0n) is 29.7. The van der Waals surface area contributed by atoms with Crippen molar-refractivity contribution in [2.75, 3.05) is 0 Å². The van der Waals surface area contributed by atoms with Crippen molar-refractivity contribution in [1.82, 2.24) is 0 Å². The van der Waals surface area contributed by atoms with E-state index in [1.807, 2.05) is 11.3 Å². The molecule has 2 heterocycles. The van der Waals surface area contributed by atoms with Gasteiger partial charge in [0.25, 0.3) is 0 Å². The van der Waals surface area contributed by atoms with E-state index in [1.54, 1.807) is 0 Å². The maximum Gasteiger partial charge on any atom is 0.114 e. The highest BCUT2D eigenvalue weighted by Crippen LogP contribution is 2.52. The molecule has 1 aliphatic heterocycles. The number of hydrogen-bond donors (Lipinski definition) is 0. The predicted octanol–water partition coefficient (Wildman–Crippen LogP) is 13.8. The largest absolute Gasteiger partial charge is 0.239 e.